The Balaban J connectivity index is 2.03. The van der Waals surface area contributed by atoms with E-state index in [1.807, 2.05) is 0 Å². The molecule has 0 amide bonds. The van der Waals surface area contributed by atoms with Crippen molar-refractivity contribution in [1.29, 1.82) is 0 Å². The number of anilines is 1. The third kappa shape index (κ3) is 2.78. The number of aromatic nitrogens is 1. The fourth-order valence-corrected chi connectivity index (χ4v) is 3.42. The van der Waals surface area contributed by atoms with Gasteiger partial charge in [-0.25, -0.2) is 8.42 Å². The summed E-state index contributed by atoms with van der Waals surface area (Å²) >= 11 is 0. The molecule has 3 aromatic rings. The summed E-state index contributed by atoms with van der Waals surface area (Å²) in [5.74, 6) is 0.569. The van der Waals surface area contributed by atoms with Crippen molar-refractivity contribution >= 4 is 32.9 Å². The Morgan fingerprint density at radius 1 is 1.13 bits per heavy atom. The van der Waals surface area contributed by atoms with Gasteiger partial charge in [0.05, 0.1) is 17.7 Å². The summed E-state index contributed by atoms with van der Waals surface area (Å²) in [6, 6.07) is 11.2. The molecule has 1 heterocycles. The molecule has 0 spiro atoms. The van der Waals surface area contributed by atoms with Gasteiger partial charge in [-0.05, 0) is 36.4 Å². The first kappa shape index (κ1) is 15.1. The maximum Gasteiger partial charge on any atom is 0.261 e. The molecule has 0 aliphatic rings. The highest BCUT2D eigenvalue weighted by atomic mass is 32.2. The van der Waals surface area contributed by atoms with Crippen LogP contribution < -0.4 is 9.46 Å². The van der Waals surface area contributed by atoms with E-state index in [0.717, 1.165) is 0 Å². The number of rotatable bonds is 5. The monoisotopic (exact) mass is 330 g/mol. The lowest BCUT2D eigenvalue weighted by molar-refractivity contribution is 0.112. The zero-order chi connectivity index (χ0) is 16.4. The second kappa shape index (κ2) is 5.77. The van der Waals surface area contributed by atoms with E-state index >= 15 is 0 Å². The molecule has 0 unspecified atom stereocenters. The van der Waals surface area contributed by atoms with E-state index in [-0.39, 0.29) is 4.90 Å². The average Bonchev–Trinajstić information content (AvgIpc) is 2.99. The van der Waals surface area contributed by atoms with Crippen LogP contribution in [0.4, 0.5) is 5.69 Å². The van der Waals surface area contributed by atoms with Gasteiger partial charge in [0.25, 0.3) is 10.0 Å². The number of methoxy groups -OCH3 is 1. The van der Waals surface area contributed by atoms with Crippen molar-refractivity contribution in [1.82, 2.24) is 4.98 Å². The molecule has 0 bridgehead atoms. The van der Waals surface area contributed by atoms with Crippen LogP contribution in [0.15, 0.2) is 53.6 Å². The van der Waals surface area contributed by atoms with Crippen molar-refractivity contribution in [2.45, 2.75) is 4.90 Å². The summed E-state index contributed by atoms with van der Waals surface area (Å²) in [5, 5.41) is 0.541. The molecule has 1 aromatic heterocycles. The van der Waals surface area contributed by atoms with Gasteiger partial charge in [-0.15, -0.1) is 0 Å². The highest BCUT2D eigenvalue weighted by Gasteiger charge is 2.17. The molecule has 2 aromatic carbocycles. The lowest BCUT2D eigenvalue weighted by atomic mass is 10.1. The smallest absolute Gasteiger partial charge is 0.261 e. The molecule has 0 atom stereocenters. The fourth-order valence-electron chi connectivity index (χ4n) is 2.35. The number of sulfonamides is 1. The van der Waals surface area contributed by atoms with Crippen LogP contribution in [-0.4, -0.2) is 26.8 Å². The zero-order valence-corrected chi connectivity index (χ0v) is 13.1. The van der Waals surface area contributed by atoms with Crippen molar-refractivity contribution in [2.24, 2.45) is 0 Å². The van der Waals surface area contributed by atoms with Crippen molar-refractivity contribution in [3.63, 3.8) is 0 Å². The van der Waals surface area contributed by atoms with Crippen molar-refractivity contribution < 1.29 is 17.9 Å². The van der Waals surface area contributed by atoms with E-state index in [1.54, 1.807) is 36.5 Å². The summed E-state index contributed by atoms with van der Waals surface area (Å²) in [5.41, 5.74) is 1.43. The third-order valence-electron chi connectivity index (χ3n) is 3.48. The van der Waals surface area contributed by atoms with Gasteiger partial charge < -0.3 is 9.72 Å². The van der Waals surface area contributed by atoms with Gasteiger partial charge in [-0.2, -0.15) is 0 Å². The molecule has 0 saturated carbocycles. The Morgan fingerprint density at radius 3 is 2.52 bits per heavy atom. The number of aldehydes is 1. The highest BCUT2D eigenvalue weighted by Crippen LogP contribution is 2.28. The van der Waals surface area contributed by atoms with Gasteiger partial charge >= 0.3 is 0 Å². The number of ether oxygens (including phenoxy) is 1. The van der Waals surface area contributed by atoms with Gasteiger partial charge in [-0.1, -0.05) is 6.07 Å². The molecular weight excluding hydrogens is 316 g/mol. The molecule has 6 nitrogen and oxygen atoms in total. The number of benzene rings is 2. The largest absolute Gasteiger partial charge is 0.497 e. The summed E-state index contributed by atoms with van der Waals surface area (Å²) in [6.07, 6.45) is 2.23. The second-order valence-corrected chi connectivity index (χ2v) is 6.55. The minimum absolute atomic E-state index is 0.110. The summed E-state index contributed by atoms with van der Waals surface area (Å²) in [4.78, 5) is 14.2. The Bertz CT molecular complexity index is 959. The Labute approximate surface area is 133 Å². The first-order valence-electron chi connectivity index (χ1n) is 6.77. The number of carbonyl (C=O) groups excluding carboxylic acids is 1. The Kier molecular flexibility index (Phi) is 3.79. The molecule has 118 valence electrons. The Morgan fingerprint density at radius 2 is 1.87 bits per heavy atom. The summed E-state index contributed by atoms with van der Waals surface area (Å²) in [6.45, 7) is 0. The molecule has 0 aliphatic heterocycles. The molecule has 23 heavy (non-hydrogen) atoms. The number of fused-ring (bicyclic) bond motifs is 1. The van der Waals surface area contributed by atoms with Crippen LogP contribution >= 0.6 is 0 Å². The molecule has 0 saturated heterocycles. The maximum atomic E-state index is 12.5. The zero-order valence-electron chi connectivity index (χ0n) is 12.2. The van der Waals surface area contributed by atoms with Crippen LogP contribution in [0.2, 0.25) is 0 Å². The van der Waals surface area contributed by atoms with E-state index in [2.05, 4.69) is 9.71 Å². The molecule has 2 N–H and O–H groups in total. The quantitative estimate of drug-likeness (QED) is 0.704. The first-order valence-corrected chi connectivity index (χ1v) is 8.25. The van der Waals surface area contributed by atoms with Gasteiger partial charge in [0.2, 0.25) is 0 Å². The van der Waals surface area contributed by atoms with E-state index in [4.69, 9.17) is 4.74 Å². The standard InChI is InChI=1S/C16H14N2O4S/c1-22-12-5-7-13(8-6-12)23(20,21)18-15-4-2-3-14-16(15)11(10-19)9-17-14/h2-10,17-18H,1H3. The number of nitrogens with one attached hydrogen (secondary N) is 2. The molecule has 3 rings (SSSR count). The first-order chi connectivity index (χ1) is 11.0. The molecule has 0 radical (unpaired) electrons. The Hall–Kier alpha value is -2.80. The number of carbonyl (C=O) groups is 1. The highest BCUT2D eigenvalue weighted by molar-refractivity contribution is 7.92. The molecular formula is C16H14N2O4S. The van der Waals surface area contributed by atoms with Crippen molar-refractivity contribution in [2.75, 3.05) is 11.8 Å². The van der Waals surface area contributed by atoms with E-state index in [0.29, 0.717) is 34.2 Å². The normalized spacial score (nSPS) is 11.3. The number of aromatic amines is 1. The van der Waals surface area contributed by atoms with Gasteiger partial charge in [-0.3, -0.25) is 9.52 Å². The predicted molar refractivity (Wildman–Crippen MR) is 87.5 cm³/mol. The summed E-state index contributed by atoms with van der Waals surface area (Å²) in [7, 11) is -2.26. The third-order valence-corrected chi connectivity index (χ3v) is 4.86. The lowest BCUT2D eigenvalue weighted by Gasteiger charge is -2.10. The number of hydrogen-bond acceptors (Lipinski definition) is 4. The molecule has 0 aliphatic carbocycles. The van der Waals surface area contributed by atoms with Gasteiger partial charge in [0.1, 0.15) is 5.75 Å². The number of H-pyrrole nitrogens is 1. The van der Waals surface area contributed by atoms with E-state index < -0.39 is 10.0 Å². The molecule has 7 heteroatoms. The van der Waals surface area contributed by atoms with Gasteiger partial charge in [0.15, 0.2) is 6.29 Å². The second-order valence-electron chi connectivity index (χ2n) is 4.87. The van der Waals surface area contributed by atoms with Gasteiger partial charge in [0, 0.05) is 22.7 Å². The fraction of sp³-hybridized carbons (Fsp3) is 0.0625. The van der Waals surface area contributed by atoms with E-state index in [1.165, 1.54) is 19.2 Å². The SMILES string of the molecule is COc1ccc(S(=O)(=O)Nc2cccc3[nH]cc(C=O)c23)cc1. The minimum Gasteiger partial charge on any atom is -0.497 e. The molecule has 0 fully saturated rings. The van der Waals surface area contributed by atoms with Crippen LogP contribution in [0, 0.1) is 0 Å². The lowest BCUT2D eigenvalue weighted by Crippen LogP contribution is -2.13. The van der Waals surface area contributed by atoms with Crippen LogP contribution in [0.25, 0.3) is 10.9 Å². The van der Waals surface area contributed by atoms with Crippen LogP contribution in [0.5, 0.6) is 5.75 Å². The van der Waals surface area contributed by atoms with E-state index in [9.17, 15) is 13.2 Å². The topological polar surface area (TPSA) is 88.3 Å². The average molecular weight is 330 g/mol. The predicted octanol–water partition coefficient (Wildman–Crippen LogP) is 2.79. The van der Waals surface area contributed by atoms with Crippen LogP contribution in [0.3, 0.4) is 0 Å². The minimum atomic E-state index is -3.77. The van der Waals surface area contributed by atoms with Crippen LogP contribution in [-0.2, 0) is 10.0 Å². The number of hydrogen-bond donors (Lipinski definition) is 2. The van der Waals surface area contributed by atoms with Crippen molar-refractivity contribution in [3.05, 3.63) is 54.2 Å². The van der Waals surface area contributed by atoms with Crippen LogP contribution in [0.1, 0.15) is 10.4 Å². The maximum absolute atomic E-state index is 12.5. The summed E-state index contributed by atoms with van der Waals surface area (Å²) < 4.78 is 32.6. The van der Waals surface area contributed by atoms with Crippen molar-refractivity contribution in [3.8, 4) is 5.75 Å².